The fourth-order valence-corrected chi connectivity index (χ4v) is 2.01. The Hall–Kier alpha value is -1.74. The van der Waals surface area contributed by atoms with Crippen molar-refractivity contribution in [1.29, 1.82) is 0 Å². The molecule has 0 unspecified atom stereocenters. The Morgan fingerprint density at radius 1 is 1.17 bits per heavy atom. The van der Waals surface area contributed by atoms with Crippen LogP contribution in [0, 0.1) is 13.8 Å². The van der Waals surface area contributed by atoms with Crippen molar-refractivity contribution in [2.75, 3.05) is 7.05 Å². The number of ether oxygens (including phenoxy) is 1. The zero-order valence-corrected chi connectivity index (χ0v) is 11.1. The highest BCUT2D eigenvalue weighted by molar-refractivity contribution is 5.33. The van der Waals surface area contributed by atoms with E-state index in [1.165, 1.54) is 11.1 Å². The first kappa shape index (κ1) is 12.7. The monoisotopic (exact) mass is 245 g/mol. The first-order valence-corrected chi connectivity index (χ1v) is 6.10. The van der Waals surface area contributed by atoms with Crippen molar-refractivity contribution in [2.24, 2.45) is 0 Å². The van der Waals surface area contributed by atoms with Crippen LogP contribution in [0.2, 0.25) is 0 Å². The summed E-state index contributed by atoms with van der Waals surface area (Å²) in [6.07, 6.45) is 1.70. The van der Waals surface area contributed by atoms with Crippen LogP contribution in [0.25, 0.3) is 0 Å². The Morgan fingerprint density at radius 2 is 1.89 bits per heavy atom. The molecule has 3 nitrogen and oxygen atoms in total. The van der Waals surface area contributed by atoms with Gasteiger partial charge in [-0.1, -0.05) is 6.07 Å². The summed E-state index contributed by atoms with van der Waals surface area (Å²) in [6.45, 7) is 5.40. The second-order valence-electron chi connectivity index (χ2n) is 4.51. The van der Waals surface area contributed by atoms with Gasteiger partial charge in [-0.3, -0.25) is 0 Å². The Balaban J connectivity index is 2.04. The summed E-state index contributed by atoms with van der Waals surface area (Å²) >= 11 is 0. The van der Waals surface area contributed by atoms with Gasteiger partial charge in [-0.25, -0.2) is 0 Å². The number of aryl methyl sites for hydroxylation is 2. The third-order valence-corrected chi connectivity index (χ3v) is 2.77. The minimum Gasteiger partial charge on any atom is -0.486 e. The largest absolute Gasteiger partial charge is 0.486 e. The van der Waals surface area contributed by atoms with E-state index in [4.69, 9.17) is 9.15 Å². The van der Waals surface area contributed by atoms with E-state index in [0.29, 0.717) is 6.61 Å². The van der Waals surface area contributed by atoms with Crippen LogP contribution in [0.4, 0.5) is 0 Å². The zero-order chi connectivity index (χ0) is 13.0. The lowest BCUT2D eigenvalue weighted by atomic mass is 10.1. The van der Waals surface area contributed by atoms with Crippen LogP contribution in [0.15, 0.2) is 34.9 Å². The van der Waals surface area contributed by atoms with E-state index in [0.717, 1.165) is 23.6 Å². The van der Waals surface area contributed by atoms with Gasteiger partial charge in [0.1, 0.15) is 18.1 Å². The molecule has 0 aliphatic carbocycles. The lowest BCUT2D eigenvalue weighted by Crippen LogP contribution is -2.07. The lowest BCUT2D eigenvalue weighted by Gasteiger charge is -2.08. The minimum atomic E-state index is 0.465. The number of benzene rings is 1. The van der Waals surface area contributed by atoms with Crippen molar-refractivity contribution >= 4 is 0 Å². The first-order chi connectivity index (χ1) is 8.69. The predicted molar refractivity (Wildman–Crippen MR) is 71.7 cm³/mol. The normalized spacial score (nSPS) is 10.6. The molecule has 0 saturated carbocycles. The SMILES string of the molecule is CNCc1ccoc1COc1cc(C)cc(C)c1. The summed E-state index contributed by atoms with van der Waals surface area (Å²) in [4.78, 5) is 0. The molecule has 0 aliphatic rings. The molecule has 0 aliphatic heterocycles. The average molecular weight is 245 g/mol. The molecule has 18 heavy (non-hydrogen) atoms. The average Bonchev–Trinajstić information content (AvgIpc) is 2.73. The standard InChI is InChI=1S/C15H19NO2/c1-11-6-12(2)8-14(7-11)18-10-15-13(9-16-3)4-5-17-15/h4-8,16H,9-10H2,1-3H3. The van der Waals surface area contributed by atoms with Crippen LogP contribution >= 0.6 is 0 Å². The Bertz CT molecular complexity index is 497. The quantitative estimate of drug-likeness (QED) is 0.878. The van der Waals surface area contributed by atoms with E-state index < -0.39 is 0 Å². The molecule has 1 N–H and O–H groups in total. The number of nitrogens with one attached hydrogen (secondary N) is 1. The molecular weight excluding hydrogens is 226 g/mol. The van der Waals surface area contributed by atoms with Crippen LogP contribution in [-0.2, 0) is 13.2 Å². The molecule has 0 spiro atoms. The molecular formula is C15H19NO2. The van der Waals surface area contributed by atoms with Gasteiger partial charge >= 0.3 is 0 Å². The second-order valence-corrected chi connectivity index (χ2v) is 4.51. The van der Waals surface area contributed by atoms with E-state index in [9.17, 15) is 0 Å². The molecule has 0 radical (unpaired) electrons. The van der Waals surface area contributed by atoms with E-state index in [2.05, 4.69) is 25.2 Å². The zero-order valence-electron chi connectivity index (χ0n) is 11.1. The summed E-state index contributed by atoms with van der Waals surface area (Å²) in [5.41, 5.74) is 3.56. The predicted octanol–water partition coefficient (Wildman–Crippen LogP) is 3.19. The van der Waals surface area contributed by atoms with Crippen molar-refractivity contribution in [3.05, 3.63) is 53.0 Å². The summed E-state index contributed by atoms with van der Waals surface area (Å²) in [5.74, 6) is 1.77. The Kier molecular flexibility index (Phi) is 4.05. The summed E-state index contributed by atoms with van der Waals surface area (Å²) in [5, 5.41) is 3.11. The van der Waals surface area contributed by atoms with E-state index >= 15 is 0 Å². The minimum absolute atomic E-state index is 0.465. The van der Waals surface area contributed by atoms with Crippen molar-refractivity contribution in [3.8, 4) is 5.75 Å². The highest BCUT2D eigenvalue weighted by Crippen LogP contribution is 2.19. The molecule has 0 saturated heterocycles. The molecule has 3 heteroatoms. The van der Waals surface area contributed by atoms with Gasteiger partial charge in [0.2, 0.25) is 0 Å². The highest BCUT2D eigenvalue weighted by Gasteiger charge is 2.06. The van der Waals surface area contributed by atoms with Crippen LogP contribution in [-0.4, -0.2) is 7.05 Å². The summed E-state index contributed by atoms with van der Waals surface area (Å²) in [6, 6.07) is 8.17. The van der Waals surface area contributed by atoms with Gasteiger partial charge < -0.3 is 14.5 Å². The fraction of sp³-hybridized carbons (Fsp3) is 0.333. The van der Waals surface area contributed by atoms with Crippen molar-refractivity contribution in [3.63, 3.8) is 0 Å². The van der Waals surface area contributed by atoms with Crippen molar-refractivity contribution < 1.29 is 9.15 Å². The topological polar surface area (TPSA) is 34.4 Å². The maximum atomic E-state index is 5.78. The molecule has 0 atom stereocenters. The van der Waals surface area contributed by atoms with Gasteiger partial charge in [0.25, 0.3) is 0 Å². The third-order valence-electron chi connectivity index (χ3n) is 2.77. The van der Waals surface area contributed by atoms with Gasteiger partial charge in [0.15, 0.2) is 0 Å². The van der Waals surface area contributed by atoms with E-state index in [-0.39, 0.29) is 0 Å². The molecule has 96 valence electrons. The first-order valence-electron chi connectivity index (χ1n) is 6.10. The smallest absolute Gasteiger partial charge is 0.146 e. The fourth-order valence-electron chi connectivity index (χ4n) is 2.01. The molecule has 0 bridgehead atoms. The molecule has 2 rings (SSSR count). The molecule has 1 aromatic heterocycles. The van der Waals surface area contributed by atoms with Crippen LogP contribution in [0.3, 0.4) is 0 Å². The maximum absolute atomic E-state index is 5.78. The number of rotatable bonds is 5. The molecule has 1 heterocycles. The van der Waals surface area contributed by atoms with Gasteiger partial charge in [-0.2, -0.15) is 0 Å². The lowest BCUT2D eigenvalue weighted by molar-refractivity contribution is 0.268. The number of hydrogen-bond acceptors (Lipinski definition) is 3. The van der Waals surface area contributed by atoms with E-state index in [1.54, 1.807) is 6.26 Å². The number of furan rings is 1. The maximum Gasteiger partial charge on any atom is 0.146 e. The van der Waals surface area contributed by atoms with Crippen molar-refractivity contribution in [2.45, 2.75) is 27.0 Å². The summed E-state index contributed by atoms with van der Waals surface area (Å²) in [7, 11) is 1.92. The van der Waals surface area contributed by atoms with Gasteiger partial charge in [0, 0.05) is 12.1 Å². The molecule has 0 fully saturated rings. The molecule has 2 aromatic rings. The second kappa shape index (κ2) is 5.74. The third kappa shape index (κ3) is 3.14. The Morgan fingerprint density at radius 3 is 2.56 bits per heavy atom. The van der Waals surface area contributed by atoms with Gasteiger partial charge in [-0.05, 0) is 50.2 Å². The van der Waals surface area contributed by atoms with Crippen LogP contribution in [0.5, 0.6) is 5.75 Å². The highest BCUT2D eigenvalue weighted by atomic mass is 16.5. The Labute approximate surface area is 108 Å². The van der Waals surface area contributed by atoms with E-state index in [1.807, 2.05) is 25.2 Å². The van der Waals surface area contributed by atoms with Crippen LogP contribution < -0.4 is 10.1 Å². The summed E-state index contributed by atoms with van der Waals surface area (Å²) < 4.78 is 11.2. The van der Waals surface area contributed by atoms with Gasteiger partial charge in [0.05, 0.1) is 6.26 Å². The molecule has 1 aromatic carbocycles. The van der Waals surface area contributed by atoms with Gasteiger partial charge in [-0.15, -0.1) is 0 Å². The molecule has 0 amide bonds. The van der Waals surface area contributed by atoms with Crippen molar-refractivity contribution in [1.82, 2.24) is 5.32 Å². The van der Waals surface area contributed by atoms with Crippen LogP contribution in [0.1, 0.15) is 22.5 Å². The number of hydrogen-bond donors (Lipinski definition) is 1.